The smallest absolute Gasteiger partial charge is 0.255 e. The van der Waals surface area contributed by atoms with Crippen molar-refractivity contribution in [3.8, 4) is 17.0 Å². The van der Waals surface area contributed by atoms with Gasteiger partial charge in [0.1, 0.15) is 29.1 Å². The third-order valence-corrected chi connectivity index (χ3v) is 6.96. The van der Waals surface area contributed by atoms with Gasteiger partial charge in [0.15, 0.2) is 0 Å². The molecule has 8 nitrogen and oxygen atoms in total. The van der Waals surface area contributed by atoms with Gasteiger partial charge in [0.25, 0.3) is 5.91 Å². The number of hydrogen-bond donors (Lipinski definition) is 2. The Morgan fingerprint density at radius 2 is 1.91 bits per heavy atom. The van der Waals surface area contributed by atoms with E-state index < -0.39 is 0 Å². The Balaban J connectivity index is 1.45. The minimum Gasteiger partial charge on any atom is -0.492 e. The molecule has 184 valence electrons. The molecule has 1 saturated heterocycles. The van der Waals surface area contributed by atoms with Gasteiger partial charge in [0.2, 0.25) is 5.91 Å². The van der Waals surface area contributed by atoms with E-state index in [0.29, 0.717) is 83.3 Å². The normalized spacial score (nSPS) is 16.5. The molecule has 35 heavy (non-hydrogen) atoms. The average molecular weight is 480 g/mol. The molecule has 2 N–H and O–H groups in total. The lowest BCUT2D eigenvalue weighted by Crippen LogP contribution is -2.46. The van der Waals surface area contributed by atoms with Gasteiger partial charge in [-0.15, -0.1) is 0 Å². The van der Waals surface area contributed by atoms with Crippen LogP contribution in [-0.4, -0.2) is 57.4 Å². The van der Waals surface area contributed by atoms with E-state index in [1.54, 1.807) is 24.8 Å². The summed E-state index contributed by atoms with van der Waals surface area (Å²) in [6, 6.07) is 3.14. The van der Waals surface area contributed by atoms with Crippen LogP contribution in [0.2, 0.25) is 0 Å². The molecule has 2 fully saturated rings. The summed E-state index contributed by atoms with van der Waals surface area (Å²) < 4.78 is 20.4. The van der Waals surface area contributed by atoms with Gasteiger partial charge in [-0.05, 0) is 57.1 Å². The predicted molar refractivity (Wildman–Crippen MR) is 130 cm³/mol. The minimum absolute atomic E-state index is 0.00840. The number of carbonyl (C=O) groups is 2. The van der Waals surface area contributed by atoms with Crippen LogP contribution in [0.5, 0.6) is 5.75 Å². The summed E-state index contributed by atoms with van der Waals surface area (Å²) in [6.07, 6.45) is 5.11. The van der Waals surface area contributed by atoms with Crippen molar-refractivity contribution < 1.29 is 18.7 Å². The maximum absolute atomic E-state index is 14.4. The highest BCUT2D eigenvalue weighted by atomic mass is 19.1. The summed E-state index contributed by atoms with van der Waals surface area (Å²) in [7, 11) is 0. The first kappa shape index (κ1) is 23.3. The third-order valence-electron chi connectivity index (χ3n) is 6.96. The summed E-state index contributed by atoms with van der Waals surface area (Å²) in [4.78, 5) is 38.9. The molecule has 9 heteroatoms. The Bertz CT molecular complexity index is 1290. The summed E-state index contributed by atoms with van der Waals surface area (Å²) in [5.41, 5.74) is 4.01. The molecule has 0 spiro atoms. The summed E-state index contributed by atoms with van der Waals surface area (Å²) in [5, 5.41) is 3.11. The predicted octanol–water partition coefficient (Wildman–Crippen LogP) is 3.91. The van der Waals surface area contributed by atoms with Gasteiger partial charge in [0, 0.05) is 43.4 Å². The zero-order valence-electron chi connectivity index (χ0n) is 20.3. The Labute approximate surface area is 203 Å². The lowest BCUT2D eigenvalue weighted by Gasteiger charge is -2.31. The fourth-order valence-electron chi connectivity index (χ4n) is 4.66. The van der Waals surface area contributed by atoms with Crippen LogP contribution in [0.3, 0.4) is 0 Å². The van der Waals surface area contributed by atoms with Gasteiger partial charge in [-0.1, -0.05) is 0 Å². The number of rotatable bonds is 6. The molecule has 5 rings (SSSR count). The highest BCUT2D eigenvalue weighted by Gasteiger charge is 2.27. The van der Waals surface area contributed by atoms with E-state index in [2.05, 4.69) is 20.3 Å². The molecule has 2 aliphatic rings. The Morgan fingerprint density at radius 3 is 2.60 bits per heavy atom. The number of fused-ring (bicyclic) bond motifs is 1. The van der Waals surface area contributed by atoms with Crippen LogP contribution < -0.4 is 10.1 Å². The second-order valence-electron chi connectivity index (χ2n) is 9.68. The second-order valence-corrected chi connectivity index (χ2v) is 9.68. The van der Waals surface area contributed by atoms with E-state index >= 15 is 0 Å². The summed E-state index contributed by atoms with van der Waals surface area (Å²) >= 11 is 0. The molecular weight excluding hydrogens is 449 g/mol. The Morgan fingerprint density at radius 1 is 1.17 bits per heavy atom. The maximum atomic E-state index is 14.4. The summed E-state index contributed by atoms with van der Waals surface area (Å²) in [5.74, 6) is 0.477. The quantitative estimate of drug-likeness (QED) is 0.558. The third kappa shape index (κ3) is 4.72. The Hall–Kier alpha value is -3.49. The number of piperidine rings is 1. The van der Waals surface area contributed by atoms with E-state index in [4.69, 9.17) is 4.74 Å². The Kier molecular flexibility index (Phi) is 6.17. The van der Waals surface area contributed by atoms with Crippen LogP contribution in [0.1, 0.15) is 54.2 Å². The molecule has 0 radical (unpaired) electrons. The number of ether oxygens (including phenoxy) is 1. The molecule has 3 aromatic rings. The van der Waals surface area contributed by atoms with Crippen molar-refractivity contribution in [3.05, 3.63) is 41.1 Å². The number of aromatic amines is 1. The molecule has 1 saturated carbocycles. The highest BCUT2D eigenvalue weighted by molar-refractivity contribution is 6.09. The number of halogens is 1. The van der Waals surface area contributed by atoms with Crippen molar-refractivity contribution in [2.45, 2.75) is 52.5 Å². The molecule has 1 aromatic carbocycles. The number of nitrogens with zero attached hydrogens (tertiary/aromatic N) is 3. The lowest BCUT2D eigenvalue weighted by molar-refractivity contribution is -0.129. The molecule has 0 unspecified atom stereocenters. The molecule has 1 aliphatic heterocycles. The van der Waals surface area contributed by atoms with E-state index in [1.165, 1.54) is 12.4 Å². The first-order valence-electron chi connectivity index (χ1n) is 12.1. The molecular formula is C26H30FN5O3. The number of hydrogen-bond acceptors (Lipinski definition) is 5. The van der Waals surface area contributed by atoms with Crippen LogP contribution >= 0.6 is 0 Å². The van der Waals surface area contributed by atoms with Crippen molar-refractivity contribution in [3.63, 3.8) is 0 Å². The van der Waals surface area contributed by atoms with Gasteiger partial charge in [0.05, 0.1) is 17.7 Å². The number of carbonyl (C=O) groups excluding carboxylic acids is 2. The van der Waals surface area contributed by atoms with Gasteiger partial charge in [-0.2, -0.15) is 0 Å². The van der Waals surface area contributed by atoms with Crippen LogP contribution in [0.15, 0.2) is 18.5 Å². The largest absolute Gasteiger partial charge is 0.492 e. The average Bonchev–Trinajstić information content (AvgIpc) is 3.59. The van der Waals surface area contributed by atoms with Crippen molar-refractivity contribution in [1.29, 1.82) is 0 Å². The molecule has 2 amide bonds. The zero-order valence-corrected chi connectivity index (χ0v) is 20.3. The fourth-order valence-corrected chi connectivity index (χ4v) is 4.66. The van der Waals surface area contributed by atoms with Crippen molar-refractivity contribution in [2.75, 3.05) is 19.7 Å². The topological polar surface area (TPSA) is 100 Å². The first-order valence-corrected chi connectivity index (χ1v) is 12.1. The van der Waals surface area contributed by atoms with E-state index in [-0.39, 0.29) is 23.7 Å². The van der Waals surface area contributed by atoms with Gasteiger partial charge in [-0.25, -0.2) is 14.4 Å². The molecule has 2 aromatic heterocycles. The number of likely N-dealkylation sites (tertiary alicyclic amines) is 1. The number of benzene rings is 1. The number of amides is 2. The van der Waals surface area contributed by atoms with Crippen LogP contribution in [-0.2, 0) is 4.79 Å². The van der Waals surface area contributed by atoms with Crippen LogP contribution in [0.25, 0.3) is 22.3 Å². The minimum atomic E-state index is -0.330. The second kappa shape index (κ2) is 9.28. The van der Waals surface area contributed by atoms with Crippen molar-refractivity contribution in [1.82, 2.24) is 25.2 Å². The van der Waals surface area contributed by atoms with Gasteiger partial charge < -0.3 is 19.9 Å². The lowest BCUT2D eigenvalue weighted by atomic mass is 10.0. The van der Waals surface area contributed by atoms with Gasteiger partial charge in [-0.3, -0.25) is 9.59 Å². The molecule has 1 aliphatic carbocycles. The van der Waals surface area contributed by atoms with E-state index in [9.17, 15) is 14.0 Å². The number of aromatic nitrogens is 3. The molecule has 0 bridgehead atoms. The van der Waals surface area contributed by atoms with E-state index in [1.807, 2.05) is 6.92 Å². The fraction of sp³-hybridized carbons (Fsp3) is 0.462. The molecule has 3 heterocycles. The standard InChI is InChI=1S/C26H30FN5O3/c1-14-10-19(21(11-20(14)27)35-12-17-4-5-17)23-25-24(29-13-28-23)22(15(2)30-25)26(34)31-18-6-8-32(9-7-18)16(3)33/h10-11,13,17-18,30H,4-9,12H2,1-3H3,(H,31,34). The number of nitrogens with one attached hydrogen (secondary N) is 2. The first-order chi connectivity index (χ1) is 16.8. The highest BCUT2D eigenvalue weighted by Crippen LogP contribution is 2.37. The summed E-state index contributed by atoms with van der Waals surface area (Å²) in [6.45, 7) is 6.91. The number of aryl methyl sites for hydroxylation is 2. The van der Waals surface area contributed by atoms with Gasteiger partial charge >= 0.3 is 0 Å². The zero-order chi connectivity index (χ0) is 24.7. The van der Waals surface area contributed by atoms with Crippen LogP contribution in [0.4, 0.5) is 4.39 Å². The number of H-pyrrole nitrogens is 1. The monoisotopic (exact) mass is 479 g/mol. The van der Waals surface area contributed by atoms with Crippen molar-refractivity contribution >= 4 is 22.8 Å². The maximum Gasteiger partial charge on any atom is 0.255 e. The van der Waals surface area contributed by atoms with E-state index in [0.717, 1.165) is 12.8 Å². The van der Waals surface area contributed by atoms with Crippen LogP contribution in [0, 0.1) is 25.6 Å². The SMILES string of the molecule is CC(=O)N1CCC(NC(=O)c2c(C)[nH]c3c(-c4cc(C)c(F)cc4OCC4CC4)ncnc23)CC1. The molecule has 0 atom stereocenters. The van der Waals surface area contributed by atoms with Crippen molar-refractivity contribution in [2.24, 2.45) is 5.92 Å².